The van der Waals surface area contributed by atoms with Crippen LogP contribution in [-0.2, 0) is 11.3 Å². The number of ether oxygens (including phenoxy) is 1. The third-order valence-electron chi connectivity index (χ3n) is 4.91. The number of nitrogens with zero attached hydrogens (tertiary/aromatic N) is 3. The SMILES string of the molecule is COCCn1cccc1[C@H]1[C@H](c2ccccn2)NC(=S)N1c1ccccc1F. The predicted molar refractivity (Wildman–Crippen MR) is 111 cm³/mol. The minimum absolute atomic E-state index is 0.204. The highest BCUT2D eigenvalue weighted by molar-refractivity contribution is 7.80. The first kappa shape index (κ1) is 18.6. The molecule has 1 aromatic carbocycles. The van der Waals surface area contributed by atoms with Gasteiger partial charge in [-0.05, 0) is 48.6 Å². The number of para-hydroxylation sites is 1. The Morgan fingerprint density at radius 2 is 1.96 bits per heavy atom. The molecule has 0 amide bonds. The Labute approximate surface area is 168 Å². The zero-order valence-corrected chi connectivity index (χ0v) is 16.3. The number of halogens is 1. The Bertz CT molecular complexity index is 962. The molecule has 3 heterocycles. The van der Waals surface area contributed by atoms with Crippen molar-refractivity contribution in [3.05, 3.63) is 84.2 Å². The molecule has 0 saturated carbocycles. The van der Waals surface area contributed by atoms with Gasteiger partial charge in [-0.1, -0.05) is 18.2 Å². The highest BCUT2D eigenvalue weighted by Crippen LogP contribution is 2.42. The molecular weight excluding hydrogens is 375 g/mol. The minimum Gasteiger partial charge on any atom is -0.383 e. The topological polar surface area (TPSA) is 42.3 Å². The highest BCUT2D eigenvalue weighted by Gasteiger charge is 2.42. The summed E-state index contributed by atoms with van der Waals surface area (Å²) in [5.74, 6) is -0.312. The molecule has 1 saturated heterocycles. The molecule has 0 unspecified atom stereocenters. The van der Waals surface area contributed by atoms with Gasteiger partial charge in [0, 0.05) is 31.7 Å². The van der Waals surface area contributed by atoms with Crippen LogP contribution in [0.1, 0.15) is 23.5 Å². The Hall–Kier alpha value is -2.77. The number of methoxy groups -OCH3 is 1. The summed E-state index contributed by atoms with van der Waals surface area (Å²) < 4.78 is 22.1. The Morgan fingerprint density at radius 1 is 1.14 bits per heavy atom. The zero-order valence-electron chi connectivity index (χ0n) is 15.5. The summed E-state index contributed by atoms with van der Waals surface area (Å²) in [6, 6.07) is 16.1. The first-order valence-corrected chi connectivity index (χ1v) is 9.50. The number of aromatic nitrogens is 2. The maximum Gasteiger partial charge on any atom is 0.174 e. The number of pyridine rings is 1. The standard InChI is InChI=1S/C21H21FN4OS/c1-27-14-13-25-12-6-10-18(25)20-19(16-8-4-5-11-23-16)24-21(28)26(20)17-9-3-2-7-15(17)22/h2-12,19-20H,13-14H2,1H3,(H,24,28)/t19-,20-/m0/s1. The summed E-state index contributed by atoms with van der Waals surface area (Å²) in [5, 5.41) is 3.83. The molecule has 28 heavy (non-hydrogen) atoms. The van der Waals surface area contributed by atoms with Gasteiger partial charge in [-0.3, -0.25) is 4.98 Å². The first-order valence-electron chi connectivity index (χ1n) is 9.10. The summed E-state index contributed by atoms with van der Waals surface area (Å²) >= 11 is 5.63. The molecule has 0 bridgehead atoms. The van der Waals surface area contributed by atoms with E-state index in [-0.39, 0.29) is 17.9 Å². The van der Waals surface area contributed by atoms with Crippen molar-refractivity contribution in [3.63, 3.8) is 0 Å². The van der Waals surface area contributed by atoms with Crippen molar-refractivity contribution in [1.82, 2.24) is 14.9 Å². The van der Waals surface area contributed by atoms with E-state index in [1.807, 2.05) is 47.5 Å². The molecule has 5 nitrogen and oxygen atoms in total. The molecule has 2 aromatic heterocycles. The van der Waals surface area contributed by atoms with Crippen LogP contribution in [0.2, 0.25) is 0 Å². The lowest BCUT2D eigenvalue weighted by Crippen LogP contribution is -2.31. The zero-order chi connectivity index (χ0) is 19.5. The minimum atomic E-state index is -0.312. The van der Waals surface area contributed by atoms with Gasteiger partial charge in [0.15, 0.2) is 5.11 Å². The van der Waals surface area contributed by atoms with E-state index < -0.39 is 0 Å². The van der Waals surface area contributed by atoms with Crippen LogP contribution in [0.25, 0.3) is 0 Å². The second-order valence-corrected chi connectivity index (χ2v) is 6.95. The van der Waals surface area contributed by atoms with Gasteiger partial charge in [0.2, 0.25) is 0 Å². The second-order valence-electron chi connectivity index (χ2n) is 6.57. The van der Waals surface area contributed by atoms with Crippen LogP contribution in [0.15, 0.2) is 67.0 Å². The number of nitrogens with one attached hydrogen (secondary N) is 1. The van der Waals surface area contributed by atoms with Gasteiger partial charge in [-0.25, -0.2) is 4.39 Å². The van der Waals surface area contributed by atoms with Crippen molar-refractivity contribution in [1.29, 1.82) is 0 Å². The van der Waals surface area contributed by atoms with Gasteiger partial charge in [0.25, 0.3) is 0 Å². The van der Waals surface area contributed by atoms with Crippen molar-refractivity contribution >= 4 is 23.0 Å². The first-order chi connectivity index (χ1) is 13.7. The van der Waals surface area contributed by atoms with Crippen LogP contribution in [0.5, 0.6) is 0 Å². The van der Waals surface area contributed by atoms with E-state index in [1.54, 1.807) is 25.4 Å². The van der Waals surface area contributed by atoms with Crippen LogP contribution in [0, 0.1) is 5.82 Å². The fraction of sp³-hybridized carbons (Fsp3) is 0.238. The number of hydrogen-bond donors (Lipinski definition) is 1. The quantitative estimate of drug-likeness (QED) is 0.641. The number of anilines is 1. The molecule has 1 fully saturated rings. The maximum absolute atomic E-state index is 14.7. The van der Waals surface area contributed by atoms with Crippen molar-refractivity contribution in [2.24, 2.45) is 0 Å². The second kappa shape index (κ2) is 8.08. The number of thiocarbonyl (C=S) groups is 1. The number of hydrogen-bond acceptors (Lipinski definition) is 3. The monoisotopic (exact) mass is 396 g/mol. The summed E-state index contributed by atoms with van der Waals surface area (Å²) in [4.78, 5) is 6.37. The Morgan fingerprint density at radius 3 is 2.71 bits per heavy atom. The lowest BCUT2D eigenvalue weighted by molar-refractivity contribution is 0.186. The number of rotatable bonds is 6. The highest BCUT2D eigenvalue weighted by atomic mass is 32.1. The van der Waals surface area contributed by atoms with E-state index >= 15 is 0 Å². The van der Waals surface area contributed by atoms with Crippen LogP contribution in [-0.4, -0.2) is 28.4 Å². The molecule has 1 aliphatic heterocycles. The molecule has 0 spiro atoms. The van der Waals surface area contributed by atoms with Crippen molar-refractivity contribution in [3.8, 4) is 0 Å². The molecule has 2 atom stereocenters. The van der Waals surface area contributed by atoms with Gasteiger partial charge < -0.3 is 19.5 Å². The molecular formula is C21H21FN4OS. The Balaban J connectivity index is 1.83. The molecule has 4 rings (SSSR count). The molecule has 1 aliphatic rings. The van der Waals surface area contributed by atoms with E-state index in [4.69, 9.17) is 17.0 Å². The maximum atomic E-state index is 14.7. The van der Waals surface area contributed by atoms with Gasteiger partial charge in [0.05, 0.1) is 24.0 Å². The summed E-state index contributed by atoms with van der Waals surface area (Å²) in [7, 11) is 1.68. The van der Waals surface area contributed by atoms with Crippen LogP contribution in [0.4, 0.5) is 10.1 Å². The molecule has 144 valence electrons. The predicted octanol–water partition coefficient (Wildman–Crippen LogP) is 3.85. The lowest BCUT2D eigenvalue weighted by Gasteiger charge is -2.29. The summed E-state index contributed by atoms with van der Waals surface area (Å²) in [6.07, 6.45) is 3.76. The van der Waals surface area contributed by atoms with Gasteiger partial charge in [-0.2, -0.15) is 0 Å². The van der Waals surface area contributed by atoms with E-state index in [1.165, 1.54) is 6.07 Å². The average molecular weight is 396 g/mol. The molecule has 1 N–H and O–H groups in total. The fourth-order valence-corrected chi connectivity index (χ4v) is 3.99. The molecule has 0 aliphatic carbocycles. The van der Waals surface area contributed by atoms with Crippen LogP contribution >= 0.6 is 12.2 Å². The molecule has 7 heteroatoms. The van der Waals surface area contributed by atoms with Crippen molar-refractivity contribution in [2.45, 2.75) is 18.6 Å². The van der Waals surface area contributed by atoms with Gasteiger partial charge >= 0.3 is 0 Å². The van der Waals surface area contributed by atoms with Gasteiger partial charge in [-0.15, -0.1) is 0 Å². The van der Waals surface area contributed by atoms with Crippen LogP contribution in [0.3, 0.4) is 0 Å². The molecule has 0 radical (unpaired) electrons. The largest absolute Gasteiger partial charge is 0.383 e. The van der Waals surface area contributed by atoms with E-state index in [9.17, 15) is 4.39 Å². The van der Waals surface area contributed by atoms with Gasteiger partial charge in [0.1, 0.15) is 11.9 Å². The lowest BCUT2D eigenvalue weighted by atomic mass is 10.0. The summed E-state index contributed by atoms with van der Waals surface area (Å²) in [5.41, 5.74) is 2.32. The normalized spacial score (nSPS) is 19.1. The van der Waals surface area contributed by atoms with Crippen molar-refractivity contribution in [2.75, 3.05) is 18.6 Å². The smallest absolute Gasteiger partial charge is 0.174 e. The van der Waals surface area contributed by atoms with Crippen LogP contribution < -0.4 is 10.2 Å². The Kier molecular flexibility index (Phi) is 5.36. The average Bonchev–Trinajstić information content (AvgIpc) is 3.31. The van der Waals surface area contributed by atoms with E-state index in [0.717, 1.165) is 11.4 Å². The number of benzene rings is 1. The van der Waals surface area contributed by atoms with E-state index in [0.29, 0.717) is 24.0 Å². The van der Waals surface area contributed by atoms with E-state index in [2.05, 4.69) is 14.9 Å². The molecule has 3 aromatic rings. The fourth-order valence-electron chi connectivity index (χ4n) is 3.65. The third-order valence-corrected chi connectivity index (χ3v) is 5.23. The summed E-state index contributed by atoms with van der Waals surface area (Å²) in [6.45, 7) is 1.28. The third kappa shape index (κ3) is 3.39. The van der Waals surface area contributed by atoms with Crippen molar-refractivity contribution < 1.29 is 9.13 Å².